The van der Waals surface area contributed by atoms with Crippen molar-refractivity contribution in [2.45, 2.75) is 19.3 Å². The van der Waals surface area contributed by atoms with Gasteiger partial charge >= 0.3 is 6.03 Å². The van der Waals surface area contributed by atoms with E-state index < -0.39 is 0 Å². The molecule has 3 aromatic rings. The lowest BCUT2D eigenvalue weighted by atomic mass is 9.69. The summed E-state index contributed by atoms with van der Waals surface area (Å²) in [4.78, 5) is 16.5. The molecule has 6 nitrogen and oxygen atoms in total. The third kappa shape index (κ3) is 3.15. The van der Waals surface area contributed by atoms with Gasteiger partial charge in [0.1, 0.15) is 6.33 Å². The summed E-state index contributed by atoms with van der Waals surface area (Å²) in [5.74, 6) is 0. The summed E-state index contributed by atoms with van der Waals surface area (Å²) in [6, 6.07) is 15.4. The quantitative estimate of drug-likeness (QED) is 0.660. The lowest BCUT2D eigenvalue weighted by Crippen LogP contribution is -2.45. The van der Waals surface area contributed by atoms with Crippen LogP contribution in [0.2, 0.25) is 0 Å². The third-order valence-electron chi connectivity index (χ3n) is 5.23. The molecule has 134 valence electrons. The first-order chi connectivity index (χ1) is 12.7. The average Bonchev–Trinajstić information content (AvgIpc) is 3.06. The largest absolute Gasteiger partial charge is 0.396 e. The highest BCUT2D eigenvalue weighted by Crippen LogP contribution is 2.39. The van der Waals surface area contributed by atoms with Crippen LogP contribution in [0.4, 0.5) is 10.5 Å². The molecule has 1 aliphatic carbocycles. The van der Waals surface area contributed by atoms with E-state index in [1.807, 2.05) is 53.1 Å². The molecule has 0 saturated heterocycles. The van der Waals surface area contributed by atoms with E-state index in [1.165, 1.54) is 0 Å². The van der Waals surface area contributed by atoms with Crippen molar-refractivity contribution in [1.82, 2.24) is 14.9 Å². The fourth-order valence-electron chi connectivity index (χ4n) is 3.38. The number of fused-ring (bicyclic) bond motifs is 1. The number of carbonyl (C=O) groups excluding carboxylic acids is 1. The zero-order valence-corrected chi connectivity index (χ0v) is 14.5. The van der Waals surface area contributed by atoms with E-state index in [-0.39, 0.29) is 18.1 Å². The first-order valence-corrected chi connectivity index (χ1v) is 8.87. The number of urea groups is 1. The second-order valence-electron chi connectivity index (χ2n) is 6.97. The Morgan fingerprint density at radius 3 is 2.62 bits per heavy atom. The Kier molecular flexibility index (Phi) is 4.34. The number of rotatable bonds is 5. The van der Waals surface area contributed by atoms with E-state index >= 15 is 0 Å². The first-order valence-electron chi connectivity index (χ1n) is 8.87. The Bertz CT molecular complexity index is 907. The highest BCUT2D eigenvalue weighted by Gasteiger charge is 2.36. The molecular formula is C20H22N4O2. The number of nitrogens with zero attached hydrogens (tertiary/aromatic N) is 2. The molecule has 0 bridgehead atoms. The van der Waals surface area contributed by atoms with Crippen molar-refractivity contribution in [1.29, 1.82) is 0 Å². The molecule has 0 aliphatic heterocycles. The molecule has 26 heavy (non-hydrogen) atoms. The summed E-state index contributed by atoms with van der Waals surface area (Å²) in [7, 11) is 0. The Morgan fingerprint density at radius 1 is 1.15 bits per heavy atom. The van der Waals surface area contributed by atoms with Gasteiger partial charge in [0.05, 0.1) is 17.6 Å². The van der Waals surface area contributed by atoms with Crippen LogP contribution in [-0.2, 0) is 0 Å². The number of hydrogen-bond donors (Lipinski definition) is 3. The van der Waals surface area contributed by atoms with Gasteiger partial charge in [0.15, 0.2) is 0 Å². The van der Waals surface area contributed by atoms with Gasteiger partial charge in [-0.15, -0.1) is 0 Å². The zero-order valence-electron chi connectivity index (χ0n) is 14.5. The highest BCUT2D eigenvalue weighted by molar-refractivity contribution is 5.89. The fourth-order valence-corrected chi connectivity index (χ4v) is 3.38. The van der Waals surface area contributed by atoms with Gasteiger partial charge in [-0.1, -0.05) is 18.6 Å². The predicted molar refractivity (Wildman–Crippen MR) is 101 cm³/mol. The maximum atomic E-state index is 12.1. The van der Waals surface area contributed by atoms with Crippen LogP contribution in [-0.4, -0.2) is 33.8 Å². The van der Waals surface area contributed by atoms with Crippen molar-refractivity contribution in [3.8, 4) is 5.69 Å². The zero-order chi connectivity index (χ0) is 18.0. The number of aromatic nitrogens is 2. The van der Waals surface area contributed by atoms with E-state index in [0.717, 1.165) is 41.7 Å². The minimum absolute atomic E-state index is 0.121. The van der Waals surface area contributed by atoms with Gasteiger partial charge in [0.25, 0.3) is 0 Å². The van der Waals surface area contributed by atoms with Gasteiger partial charge in [-0.25, -0.2) is 9.78 Å². The Labute approximate surface area is 151 Å². The maximum absolute atomic E-state index is 12.1. The van der Waals surface area contributed by atoms with Gasteiger partial charge in [0.2, 0.25) is 0 Å². The molecule has 1 fully saturated rings. The molecule has 0 spiro atoms. The highest BCUT2D eigenvalue weighted by atomic mass is 16.3. The third-order valence-corrected chi connectivity index (χ3v) is 5.23. The molecule has 0 atom stereocenters. The molecule has 1 heterocycles. The van der Waals surface area contributed by atoms with Gasteiger partial charge < -0.3 is 15.7 Å². The van der Waals surface area contributed by atoms with Crippen molar-refractivity contribution < 1.29 is 9.90 Å². The number of carbonyl (C=O) groups is 1. The molecule has 3 N–H and O–H groups in total. The van der Waals surface area contributed by atoms with Crippen molar-refractivity contribution in [3.63, 3.8) is 0 Å². The average molecular weight is 350 g/mol. The van der Waals surface area contributed by atoms with Gasteiger partial charge in [-0.05, 0) is 49.2 Å². The van der Waals surface area contributed by atoms with E-state index in [2.05, 4.69) is 15.6 Å². The Balaban J connectivity index is 1.40. The number of aliphatic hydroxyl groups is 1. The Hall–Kier alpha value is -2.86. The molecule has 2 amide bonds. The minimum atomic E-state index is -0.245. The van der Waals surface area contributed by atoms with Gasteiger partial charge in [0, 0.05) is 23.3 Å². The standard InChI is InChI=1S/C20H22N4O2/c25-13-20(10-3-11-20)12-21-19(26)23-15-6-8-16(9-7-15)24-14-22-17-4-1-2-5-18(17)24/h1-2,4-9,14,25H,3,10-13H2,(H2,21,23,26). The maximum Gasteiger partial charge on any atom is 0.319 e. The summed E-state index contributed by atoms with van der Waals surface area (Å²) in [6.07, 6.45) is 4.86. The molecule has 0 unspecified atom stereocenters. The van der Waals surface area contributed by atoms with Crippen LogP contribution in [0.1, 0.15) is 19.3 Å². The summed E-state index contributed by atoms with van der Waals surface area (Å²) in [6.45, 7) is 0.634. The van der Waals surface area contributed by atoms with Crippen molar-refractivity contribution >= 4 is 22.8 Å². The molecular weight excluding hydrogens is 328 g/mol. The molecule has 6 heteroatoms. The Morgan fingerprint density at radius 2 is 1.92 bits per heavy atom. The predicted octanol–water partition coefficient (Wildman–Crippen LogP) is 3.31. The summed E-state index contributed by atoms with van der Waals surface area (Å²) in [5.41, 5.74) is 3.58. The van der Waals surface area contributed by atoms with Crippen LogP contribution in [0.25, 0.3) is 16.7 Å². The van der Waals surface area contributed by atoms with Gasteiger partial charge in [-0.2, -0.15) is 0 Å². The smallest absolute Gasteiger partial charge is 0.319 e. The van der Waals surface area contributed by atoms with Crippen LogP contribution in [0.5, 0.6) is 0 Å². The lowest BCUT2D eigenvalue weighted by Gasteiger charge is -2.40. The summed E-state index contributed by atoms with van der Waals surface area (Å²) < 4.78 is 2.01. The topological polar surface area (TPSA) is 79.2 Å². The van der Waals surface area contributed by atoms with Crippen molar-refractivity contribution in [2.75, 3.05) is 18.5 Å². The summed E-state index contributed by atoms with van der Waals surface area (Å²) in [5, 5.41) is 15.2. The van der Waals surface area contributed by atoms with E-state index in [1.54, 1.807) is 6.33 Å². The van der Waals surface area contributed by atoms with Crippen molar-refractivity contribution in [3.05, 3.63) is 54.9 Å². The van der Waals surface area contributed by atoms with E-state index in [4.69, 9.17) is 0 Å². The normalized spacial score (nSPS) is 15.4. The molecule has 0 radical (unpaired) electrons. The number of aliphatic hydroxyl groups excluding tert-OH is 1. The molecule has 2 aromatic carbocycles. The number of para-hydroxylation sites is 2. The molecule has 1 aliphatic rings. The second-order valence-corrected chi connectivity index (χ2v) is 6.97. The molecule has 1 saturated carbocycles. The number of benzene rings is 2. The van der Waals surface area contributed by atoms with Crippen LogP contribution < -0.4 is 10.6 Å². The second kappa shape index (κ2) is 6.80. The van der Waals surface area contributed by atoms with Crippen LogP contribution in [0.3, 0.4) is 0 Å². The van der Waals surface area contributed by atoms with Crippen LogP contribution >= 0.6 is 0 Å². The van der Waals surface area contributed by atoms with E-state index in [9.17, 15) is 9.90 Å². The fraction of sp³-hybridized carbons (Fsp3) is 0.300. The van der Waals surface area contributed by atoms with Crippen molar-refractivity contribution in [2.24, 2.45) is 5.41 Å². The molecule has 1 aromatic heterocycles. The number of amides is 2. The number of anilines is 1. The number of imidazole rings is 1. The molecule has 4 rings (SSSR count). The van der Waals surface area contributed by atoms with E-state index in [0.29, 0.717) is 6.54 Å². The monoisotopic (exact) mass is 350 g/mol. The summed E-state index contributed by atoms with van der Waals surface area (Å²) >= 11 is 0. The van der Waals surface area contributed by atoms with Crippen LogP contribution in [0.15, 0.2) is 54.9 Å². The minimum Gasteiger partial charge on any atom is -0.396 e. The van der Waals surface area contributed by atoms with Gasteiger partial charge in [-0.3, -0.25) is 4.57 Å². The number of nitrogens with one attached hydrogen (secondary N) is 2. The van der Waals surface area contributed by atoms with Crippen LogP contribution in [0, 0.1) is 5.41 Å². The SMILES string of the molecule is O=C(NCC1(CO)CCC1)Nc1ccc(-n2cnc3ccccc32)cc1. The number of hydrogen-bond acceptors (Lipinski definition) is 3. The first kappa shape index (κ1) is 16.6. The lowest BCUT2D eigenvalue weighted by molar-refractivity contribution is 0.0476.